The summed E-state index contributed by atoms with van der Waals surface area (Å²) in [6.07, 6.45) is 11.9. The van der Waals surface area contributed by atoms with Gasteiger partial charge in [0.1, 0.15) is 30.1 Å². The van der Waals surface area contributed by atoms with E-state index < -0.39 is 77.8 Å². The van der Waals surface area contributed by atoms with Crippen LogP contribution in [-0.2, 0) is 42.9 Å². The molecule has 14 heteroatoms. The van der Waals surface area contributed by atoms with Crippen LogP contribution in [0.5, 0.6) is 0 Å². The molecule has 0 aromatic carbocycles. The Morgan fingerprint density at radius 2 is 1.61 bits per heavy atom. The molecule has 360 valence electrons. The summed E-state index contributed by atoms with van der Waals surface area (Å²) in [6, 6.07) is -1.13. The summed E-state index contributed by atoms with van der Waals surface area (Å²) < 4.78 is 24.0. The summed E-state index contributed by atoms with van der Waals surface area (Å²) in [4.78, 5) is 71.6. The van der Waals surface area contributed by atoms with E-state index in [0.29, 0.717) is 53.6 Å². The number of hydrogen-bond donors (Lipinski definition) is 3. The highest BCUT2D eigenvalue weighted by Crippen LogP contribution is 2.38. The summed E-state index contributed by atoms with van der Waals surface area (Å²) in [5.74, 6) is -7.78. The zero-order chi connectivity index (χ0) is 47.5. The number of alkyl halides is 1. The van der Waals surface area contributed by atoms with Crippen LogP contribution in [0, 0.1) is 35.5 Å². The predicted octanol–water partition coefficient (Wildman–Crippen LogP) is 6.97. The van der Waals surface area contributed by atoms with Crippen LogP contribution in [0.25, 0.3) is 0 Å². The van der Waals surface area contributed by atoms with Crippen LogP contribution in [0.2, 0.25) is 0 Å². The van der Waals surface area contributed by atoms with Crippen LogP contribution in [-0.4, -0.2) is 123 Å². The van der Waals surface area contributed by atoms with Crippen molar-refractivity contribution in [1.29, 1.82) is 0 Å². The summed E-state index contributed by atoms with van der Waals surface area (Å²) in [6.45, 7) is 12.6. The van der Waals surface area contributed by atoms with E-state index in [2.05, 4.69) is 22.6 Å². The molecule has 13 nitrogen and oxygen atoms in total. The fourth-order valence-corrected chi connectivity index (χ4v) is 10.8. The molecule has 3 fully saturated rings. The number of carbonyl (C=O) groups is 5. The van der Waals surface area contributed by atoms with Gasteiger partial charge in [-0.1, -0.05) is 93.7 Å². The van der Waals surface area contributed by atoms with Crippen LogP contribution in [0.1, 0.15) is 126 Å². The van der Waals surface area contributed by atoms with Gasteiger partial charge in [0.05, 0.1) is 18.3 Å². The van der Waals surface area contributed by atoms with Crippen molar-refractivity contribution in [2.75, 3.05) is 20.8 Å². The molecule has 64 heavy (non-hydrogen) atoms. The number of ether oxygens (including phenoxy) is 4. The van der Waals surface area contributed by atoms with Gasteiger partial charge >= 0.3 is 5.97 Å². The number of ketones is 3. The number of esters is 1. The summed E-state index contributed by atoms with van der Waals surface area (Å²) in [5, 5.41) is 34.4. The number of allylic oxidation sites excluding steroid dienone is 6. The largest absolute Gasteiger partial charge is 0.460 e. The quantitative estimate of drug-likeness (QED) is 0.0846. The second kappa shape index (κ2) is 25.0. The highest BCUT2D eigenvalue weighted by Gasteiger charge is 2.53. The van der Waals surface area contributed by atoms with Crippen molar-refractivity contribution in [3.63, 3.8) is 0 Å². The first kappa shape index (κ1) is 54.0. The molecule has 0 aromatic heterocycles. The van der Waals surface area contributed by atoms with Gasteiger partial charge in [-0.05, 0) is 107 Å². The molecule has 0 radical (unpaired) electrons. The number of amides is 1. The third kappa shape index (κ3) is 14.2. The van der Waals surface area contributed by atoms with Crippen LogP contribution < -0.4 is 0 Å². The second-order valence-electron chi connectivity index (χ2n) is 19.3. The SMILES string of the molecule is CO[C@@H]1C[C@H](C[C@@H](C)[C@@H]2CC(=O)[C@H](C)/C=C(\C)[C@@H](O)[C@@H](OC)C(=O)[C@H](C)C[C@H](C)/C=C/C=C/C=C(\C)C(O)C[C@@H]3CC[C@@H](C)[C@@](O)(O3)C(=O)C(=O)N3CCCC[C@H]3C(=O)O2)CC[C@H]1I. The number of cyclic esters (lactones) is 1. The molecule has 1 unspecified atom stereocenters. The molecule has 3 N–H and O–H groups in total. The van der Waals surface area contributed by atoms with E-state index >= 15 is 0 Å². The molecule has 1 saturated carbocycles. The number of Topliss-reactive ketones (excluding diaryl/α,β-unsaturated/α-hetero) is 3. The number of halogens is 1. The van der Waals surface area contributed by atoms with Crippen LogP contribution in [0.15, 0.2) is 47.6 Å². The number of aliphatic hydroxyl groups is 3. The zero-order valence-electron chi connectivity index (χ0n) is 39.6. The van der Waals surface area contributed by atoms with Crippen molar-refractivity contribution in [3.05, 3.63) is 47.6 Å². The fourth-order valence-electron chi connectivity index (χ4n) is 9.82. The van der Waals surface area contributed by atoms with Gasteiger partial charge in [0.25, 0.3) is 11.7 Å². The minimum absolute atomic E-state index is 0.00586. The number of nitrogens with zero attached hydrogens (tertiary/aromatic N) is 1. The molecular weight excluding hydrogens is 933 g/mol. The van der Waals surface area contributed by atoms with Crippen LogP contribution in [0.3, 0.4) is 0 Å². The summed E-state index contributed by atoms with van der Waals surface area (Å²) in [5.41, 5.74) is 1.03. The molecule has 2 bridgehead atoms. The summed E-state index contributed by atoms with van der Waals surface area (Å²) in [7, 11) is 3.10. The first-order chi connectivity index (χ1) is 30.2. The molecule has 4 aliphatic rings. The second-order valence-corrected chi connectivity index (χ2v) is 20.9. The standard InChI is InChI=1S/C50H76INO12/c1-29-15-11-10-12-16-30(2)40(53)27-37-20-18-35(7)50(60,64-37)47(57)48(58)52-22-14-13-17-39(52)49(59)63-42(32(4)25-36-19-21-38(51)43(26-36)61-8)28-41(54)31(3)24-34(6)45(56)46(62-9)44(55)33(5)23-29/h10-12,15-16,24,29,31-33,35-40,42-43,45-46,53,56,60H,13-14,17-23,25-28H2,1-9H3/b12-10+,15-11+,30-16+,34-24+/t29-,31-,32-,33-,35-,36+,37+,38-,39+,40?,42+,43-,45-,46+,50-/m1/s1. The molecule has 4 rings (SSSR count). The molecule has 3 aliphatic heterocycles. The normalized spacial score (nSPS) is 40.9. The van der Waals surface area contributed by atoms with E-state index in [1.807, 2.05) is 39.0 Å². The highest BCUT2D eigenvalue weighted by molar-refractivity contribution is 14.1. The van der Waals surface area contributed by atoms with Gasteiger partial charge < -0.3 is 39.2 Å². The Labute approximate surface area is 395 Å². The van der Waals surface area contributed by atoms with Gasteiger partial charge in [0.15, 0.2) is 5.78 Å². The van der Waals surface area contributed by atoms with E-state index in [0.717, 1.165) is 19.3 Å². The Bertz CT molecular complexity index is 1740. The number of hydrogen-bond acceptors (Lipinski definition) is 12. The zero-order valence-corrected chi connectivity index (χ0v) is 41.7. The Morgan fingerprint density at radius 3 is 2.30 bits per heavy atom. The third-order valence-corrected chi connectivity index (χ3v) is 15.6. The highest BCUT2D eigenvalue weighted by atomic mass is 127. The van der Waals surface area contributed by atoms with Crippen molar-refractivity contribution >= 4 is 51.8 Å². The minimum atomic E-state index is -2.46. The van der Waals surface area contributed by atoms with E-state index in [1.54, 1.807) is 53.0 Å². The van der Waals surface area contributed by atoms with Crippen molar-refractivity contribution in [2.45, 2.75) is 178 Å². The van der Waals surface area contributed by atoms with Crippen LogP contribution >= 0.6 is 22.6 Å². The fraction of sp³-hybridized carbons (Fsp3) is 0.740. The lowest BCUT2D eigenvalue weighted by Gasteiger charge is -2.42. The molecule has 1 amide bonds. The van der Waals surface area contributed by atoms with E-state index in [4.69, 9.17) is 18.9 Å². The predicted molar refractivity (Wildman–Crippen MR) is 252 cm³/mol. The molecule has 1 aliphatic carbocycles. The lowest BCUT2D eigenvalue weighted by Crippen LogP contribution is -2.61. The maximum absolute atomic E-state index is 14.3. The number of carbonyl (C=O) groups excluding carboxylic acids is 5. The molecule has 2 saturated heterocycles. The topological polar surface area (TPSA) is 186 Å². The van der Waals surface area contributed by atoms with Gasteiger partial charge in [-0.2, -0.15) is 0 Å². The monoisotopic (exact) mass is 1010 g/mol. The number of piperidine rings is 1. The molecule has 0 aromatic rings. The van der Waals surface area contributed by atoms with Crippen molar-refractivity contribution in [3.8, 4) is 0 Å². The van der Waals surface area contributed by atoms with Gasteiger partial charge in [0, 0.05) is 55.3 Å². The molecule has 15 atom stereocenters. The van der Waals surface area contributed by atoms with Crippen molar-refractivity contribution in [2.24, 2.45) is 35.5 Å². The smallest absolute Gasteiger partial charge is 0.329 e. The van der Waals surface area contributed by atoms with E-state index in [1.165, 1.54) is 12.0 Å². The first-order valence-electron chi connectivity index (χ1n) is 23.5. The Morgan fingerprint density at radius 1 is 0.891 bits per heavy atom. The van der Waals surface area contributed by atoms with Gasteiger partial charge in [-0.25, -0.2) is 4.79 Å². The van der Waals surface area contributed by atoms with E-state index in [9.17, 15) is 39.3 Å². The van der Waals surface area contributed by atoms with E-state index in [-0.39, 0.29) is 61.2 Å². The first-order valence-corrected chi connectivity index (χ1v) is 24.7. The van der Waals surface area contributed by atoms with Gasteiger partial charge in [0.2, 0.25) is 5.79 Å². The minimum Gasteiger partial charge on any atom is -0.460 e. The van der Waals surface area contributed by atoms with Crippen LogP contribution in [0.4, 0.5) is 0 Å². The Balaban J connectivity index is 1.69. The van der Waals surface area contributed by atoms with Crippen molar-refractivity contribution < 1.29 is 58.2 Å². The molecule has 0 spiro atoms. The number of aliphatic hydroxyl groups excluding tert-OH is 2. The molecule has 3 heterocycles. The lowest BCUT2D eigenvalue weighted by molar-refractivity contribution is -0.265. The summed E-state index contributed by atoms with van der Waals surface area (Å²) >= 11 is 2.43. The average Bonchev–Trinajstić information content (AvgIpc) is 3.26. The Hall–Kier alpha value is -2.60. The average molecular weight is 1010 g/mol. The maximum Gasteiger partial charge on any atom is 0.329 e. The lowest BCUT2D eigenvalue weighted by atomic mass is 9.79. The van der Waals surface area contributed by atoms with Gasteiger partial charge in [-0.3, -0.25) is 19.2 Å². The van der Waals surface area contributed by atoms with Crippen molar-refractivity contribution in [1.82, 2.24) is 4.90 Å². The number of methoxy groups -OCH3 is 2. The number of rotatable bonds is 5. The Kier molecular flexibility index (Phi) is 21.1. The maximum atomic E-state index is 14.3. The van der Waals surface area contributed by atoms with Gasteiger partial charge in [-0.15, -0.1) is 0 Å². The number of fused-ring (bicyclic) bond motifs is 3. The molecular formula is C50H76INO12. The third-order valence-electron chi connectivity index (χ3n) is 14.2.